The van der Waals surface area contributed by atoms with Crippen molar-refractivity contribution >= 4 is 32.3 Å². The largest absolute Gasteiger partial charge is 0.377 e. The van der Waals surface area contributed by atoms with Crippen molar-refractivity contribution < 1.29 is 0 Å². The van der Waals surface area contributed by atoms with Crippen molar-refractivity contribution in [2.24, 2.45) is 5.73 Å². The average molecular weight is 263 g/mol. The third-order valence-electron chi connectivity index (χ3n) is 1.64. The van der Waals surface area contributed by atoms with Crippen molar-refractivity contribution in [3.8, 4) is 0 Å². The molecule has 1 heterocycles. The molecule has 0 fully saturated rings. The van der Waals surface area contributed by atoms with E-state index in [-0.39, 0.29) is 5.54 Å². The van der Waals surface area contributed by atoms with Gasteiger partial charge in [0.05, 0.1) is 5.00 Å². The topological polar surface area (TPSA) is 38.0 Å². The maximum absolute atomic E-state index is 5.86. The van der Waals surface area contributed by atoms with Crippen molar-refractivity contribution in [1.29, 1.82) is 0 Å². The Morgan fingerprint density at radius 3 is 2.77 bits per heavy atom. The number of nitrogens with one attached hydrogen (secondary N) is 1. The van der Waals surface area contributed by atoms with E-state index in [0.717, 1.165) is 17.4 Å². The molecule has 0 unspecified atom stereocenters. The monoisotopic (exact) mass is 262 g/mol. The van der Waals surface area contributed by atoms with Gasteiger partial charge >= 0.3 is 0 Å². The molecular weight excluding hydrogens is 248 g/mol. The van der Waals surface area contributed by atoms with Crippen LogP contribution < -0.4 is 11.1 Å². The summed E-state index contributed by atoms with van der Waals surface area (Å²) >= 11 is 5.11. The normalized spacial score (nSPS) is 11.7. The van der Waals surface area contributed by atoms with E-state index in [0.29, 0.717) is 0 Å². The SMILES string of the molecule is CC(C)(N)CCNc1cc(Br)cs1. The van der Waals surface area contributed by atoms with Gasteiger partial charge in [-0.05, 0) is 42.3 Å². The summed E-state index contributed by atoms with van der Waals surface area (Å²) in [6.07, 6.45) is 0.975. The zero-order valence-electron chi connectivity index (χ0n) is 7.93. The van der Waals surface area contributed by atoms with Crippen LogP contribution in [-0.2, 0) is 0 Å². The fourth-order valence-corrected chi connectivity index (χ4v) is 2.26. The Hall–Kier alpha value is -0.0600. The highest BCUT2D eigenvalue weighted by Crippen LogP contribution is 2.24. The van der Waals surface area contributed by atoms with Crippen LogP contribution in [0.15, 0.2) is 15.9 Å². The molecule has 1 aromatic heterocycles. The van der Waals surface area contributed by atoms with Crippen LogP contribution in [0.2, 0.25) is 0 Å². The maximum Gasteiger partial charge on any atom is 0.0894 e. The summed E-state index contributed by atoms with van der Waals surface area (Å²) < 4.78 is 1.13. The fraction of sp³-hybridized carbons (Fsp3) is 0.556. The van der Waals surface area contributed by atoms with Crippen LogP contribution in [0.25, 0.3) is 0 Å². The van der Waals surface area contributed by atoms with Crippen LogP contribution in [0.3, 0.4) is 0 Å². The average Bonchev–Trinajstić information content (AvgIpc) is 2.33. The predicted molar refractivity (Wildman–Crippen MR) is 63.4 cm³/mol. The summed E-state index contributed by atoms with van der Waals surface area (Å²) in [6.45, 7) is 5.01. The zero-order chi connectivity index (χ0) is 9.90. The summed E-state index contributed by atoms with van der Waals surface area (Å²) in [5.41, 5.74) is 5.78. The Morgan fingerprint density at radius 2 is 2.31 bits per heavy atom. The number of thiophene rings is 1. The smallest absolute Gasteiger partial charge is 0.0894 e. The number of hydrogen-bond donors (Lipinski definition) is 2. The van der Waals surface area contributed by atoms with E-state index in [1.807, 2.05) is 13.8 Å². The molecule has 4 heteroatoms. The van der Waals surface area contributed by atoms with Crippen LogP contribution in [0.4, 0.5) is 5.00 Å². The molecule has 0 atom stereocenters. The highest BCUT2D eigenvalue weighted by molar-refractivity contribution is 9.10. The molecule has 74 valence electrons. The molecule has 0 aliphatic heterocycles. The number of nitrogens with two attached hydrogens (primary N) is 1. The van der Waals surface area contributed by atoms with Crippen LogP contribution in [-0.4, -0.2) is 12.1 Å². The molecule has 0 aliphatic carbocycles. The van der Waals surface area contributed by atoms with E-state index in [9.17, 15) is 0 Å². The second kappa shape index (κ2) is 4.44. The van der Waals surface area contributed by atoms with E-state index in [1.165, 1.54) is 5.00 Å². The first-order valence-corrected chi connectivity index (χ1v) is 5.91. The molecule has 0 spiro atoms. The van der Waals surface area contributed by atoms with Gasteiger partial charge in [-0.2, -0.15) is 0 Å². The zero-order valence-corrected chi connectivity index (χ0v) is 10.3. The second-order valence-electron chi connectivity index (χ2n) is 3.79. The maximum atomic E-state index is 5.86. The molecule has 0 saturated carbocycles. The first-order valence-electron chi connectivity index (χ1n) is 4.24. The molecule has 13 heavy (non-hydrogen) atoms. The Morgan fingerprint density at radius 1 is 1.62 bits per heavy atom. The minimum Gasteiger partial charge on any atom is -0.377 e. The third kappa shape index (κ3) is 4.64. The van der Waals surface area contributed by atoms with E-state index in [2.05, 4.69) is 32.7 Å². The van der Waals surface area contributed by atoms with Gasteiger partial charge in [0.15, 0.2) is 0 Å². The summed E-state index contributed by atoms with van der Waals surface area (Å²) in [5.74, 6) is 0. The highest BCUT2D eigenvalue weighted by Gasteiger charge is 2.09. The number of halogens is 1. The van der Waals surface area contributed by atoms with Gasteiger partial charge in [0.2, 0.25) is 0 Å². The molecule has 1 rings (SSSR count). The van der Waals surface area contributed by atoms with E-state index >= 15 is 0 Å². The minimum absolute atomic E-state index is 0.0819. The van der Waals surface area contributed by atoms with E-state index in [1.54, 1.807) is 11.3 Å². The fourth-order valence-electron chi connectivity index (χ4n) is 0.914. The minimum atomic E-state index is -0.0819. The van der Waals surface area contributed by atoms with Crippen LogP contribution >= 0.6 is 27.3 Å². The first-order chi connectivity index (χ1) is 5.97. The Kier molecular flexibility index (Phi) is 3.76. The third-order valence-corrected chi connectivity index (χ3v) is 3.28. The molecule has 0 saturated heterocycles. The van der Waals surface area contributed by atoms with Gasteiger partial charge < -0.3 is 11.1 Å². The van der Waals surface area contributed by atoms with Crippen molar-refractivity contribution in [2.45, 2.75) is 25.8 Å². The van der Waals surface area contributed by atoms with Crippen LogP contribution in [0.5, 0.6) is 0 Å². The molecular formula is C9H15BrN2S. The Bertz CT molecular complexity index is 265. The van der Waals surface area contributed by atoms with Gasteiger partial charge in [0.1, 0.15) is 0 Å². The van der Waals surface area contributed by atoms with Crippen molar-refractivity contribution in [2.75, 3.05) is 11.9 Å². The predicted octanol–water partition coefficient (Wildman–Crippen LogP) is 3.05. The Balaban J connectivity index is 2.28. The summed E-state index contributed by atoms with van der Waals surface area (Å²) in [7, 11) is 0. The van der Waals surface area contributed by atoms with Crippen LogP contribution in [0, 0.1) is 0 Å². The summed E-state index contributed by atoms with van der Waals surface area (Å²) in [4.78, 5) is 0. The lowest BCUT2D eigenvalue weighted by Gasteiger charge is -2.18. The quantitative estimate of drug-likeness (QED) is 0.876. The second-order valence-corrected chi connectivity index (χ2v) is 5.62. The standard InChI is InChI=1S/C9H15BrN2S/c1-9(2,11)3-4-12-8-5-7(10)6-13-8/h5-6,12H,3-4,11H2,1-2H3. The van der Waals surface area contributed by atoms with E-state index in [4.69, 9.17) is 5.73 Å². The van der Waals surface area contributed by atoms with Gasteiger partial charge in [-0.15, -0.1) is 11.3 Å². The van der Waals surface area contributed by atoms with Gasteiger partial charge in [0.25, 0.3) is 0 Å². The lowest BCUT2D eigenvalue weighted by Crippen LogP contribution is -2.33. The number of hydrogen-bond acceptors (Lipinski definition) is 3. The molecule has 1 aromatic rings. The lowest BCUT2D eigenvalue weighted by molar-refractivity contribution is 0.491. The molecule has 0 bridgehead atoms. The first kappa shape index (κ1) is 11.0. The van der Waals surface area contributed by atoms with Gasteiger partial charge in [-0.1, -0.05) is 0 Å². The highest BCUT2D eigenvalue weighted by atomic mass is 79.9. The molecule has 0 aliphatic rings. The van der Waals surface area contributed by atoms with Crippen molar-refractivity contribution in [1.82, 2.24) is 0 Å². The van der Waals surface area contributed by atoms with Gasteiger partial charge in [-0.25, -0.2) is 0 Å². The molecule has 3 N–H and O–H groups in total. The summed E-state index contributed by atoms with van der Waals surface area (Å²) in [6, 6.07) is 2.08. The summed E-state index contributed by atoms with van der Waals surface area (Å²) in [5, 5.41) is 6.59. The molecule has 0 aromatic carbocycles. The van der Waals surface area contributed by atoms with Gasteiger partial charge in [0, 0.05) is 21.9 Å². The molecule has 0 radical (unpaired) electrons. The van der Waals surface area contributed by atoms with Gasteiger partial charge in [-0.3, -0.25) is 0 Å². The number of rotatable bonds is 4. The molecule has 2 nitrogen and oxygen atoms in total. The Labute approximate surface area is 91.7 Å². The molecule has 0 amide bonds. The van der Waals surface area contributed by atoms with Crippen molar-refractivity contribution in [3.05, 3.63) is 15.9 Å². The van der Waals surface area contributed by atoms with Crippen molar-refractivity contribution in [3.63, 3.8) is 0 Å². The van der Waals surface area contributed by atoms with E-state index < -0.39 is 0 Å². The lowest BCUT2D eigenvalue weighted by atomic mass is 10.0. The number of anilines is 1. The van der Waals surface area contributed by atoms with Crippen LogP contribution in [0.1, 0.15) is 20.3 Å².